The highest BCUT2D eigenvalue weighted by atomic mass is 19.1. The standard InChI is InChI=1S/C13H10F2N2O2/c14-9-2-1-8(11(15)5-9)6-17-12-7-16-4-3-10(12)13(18)19/h1-5,7,17H,6H2,(H,18,19). The summed E-state index contributed by atoms with van der Waals surface area (Å²) in [5.74, 6) is -2.45. The third-order valence-corrected chi connectivity index (χ3v) is 2.54. The van der Waals surface area contributed by atoms with Gasteiger partial charge in [0.05, 0.1) is 17.4 Å². The molecule has 0 saturated heterocycles. The highest BCUT2D eigenvalue weighted by molar-refractivity contribution is 5.93. The van der Waals surface area contributed by atoms with Gasteiger partial charge in [-0.05, 0) is 12.1 Å². The molecule has 0 spiro atoms. The monoisotopic (exact) mass is 264 g/mol. The smallest absolute Gasteiger partial charge is 0.337 e. The average molecular weight is 264 g/mol. The number of carboxylic acids is 1. The van der Waals surface area contributed by atoms with Crippen molar-refractivity contribution < 1.29 is 18.7 Å². The van der Waals surface area contributed by atoms with Crippen LogP contribution in [0.15, 0.2) is 36.7 Å². The number of carbonyl (C=O) groups is 1. The molecule has 2 rings (SSSR count). The highest BCUT2D eigenvalue weighted by Crippen LogP contribution is 2.16. The van der Waals surface area contributed by atoms with Gasteiger partial charge in [-0.15, -0.1) is 0 Å². The normalized spacial score (nSPS) is 10.2. The Morgan fingerprint density at radius 1 is 1.32 bits per heavy atom. The van der Waals surface area contributed by atoms with Crippen molar-refractivity contribution in [1.29, 1.82) is 0 Å². The van der Waals surface area contributed by atoms with Crippen molar-refractivity contribution in [3.63, 3.8) is 0 Å². The van der Waals surface area contributed by atoms with Gasteiger partial charge in [-0.1, -0.05) is 6.07 Å². The van der Waals surface area contributed by atoms with Crippen LogP contribution in [0.5, 0.6) is 0 Å². The Morgan fingerprint density at radius 3 is 2.79 bits per heavy atom. The zero-order valence-corrected chi connectivity index (χ0v) is 9.73. The minimum absolute atomic E-state index is 0.0394. The van der Waals surface area contributed by atoms with E-state index in [0.29, 0.717) is 0 Å². The van der Waals surface area contributed by atoms with Crippen LogP contribution >= 0.6 is 0 Å². The molecule has 0 aliphatic rings. The number of halogens is 2. The second-order valence-corrected chi connectivity index (χ2v) is 3.82. The van der Waals surface area contributed by atoms with Crippen molar-refractivity contribution in [3.05, 3.63) is 59.4 Å². The van der Waals surface area contributed by atoms with Crippen LogP contribution in [0.25, 0.3) is 0 Å². The van der Waals surface area contributed by atoms with E-state index in [1.807, 2.05) is 0 Å². The first kappa shape index (κ1) is 12.9. The number of nitrogens with zero attached hydrogens (tertiary/aromatic N) is 1. The maximum absolute atomic E-state index is 13.4. The van der Waals surface area contributed by atoms with Crippen LogP contribution in [0.2, 0.25) is 0 Å². The van der Waals surface area contributed by atoms with E-state index in [0.717, 1.165) is 12.1 Å². The predicted molar refractivity (Wildman–Crippen MR) is 64.9 cm³/mol. The summed E-state index contributed by atoms with van der Waals surface area (Å²) in [6.07, 6.45) is 2.69. The largest absolute Gasteiger partial charge is 0.478 e. The summed E-state index contributed by atoms with van der Waals surface area (Å²) >= 11 is 0. The van der Waals surface area contributed by atoms with Gasteiger partial charge in [0.1, 0.15) is 11.6 Å². The maximum atomic E-state index is 13.4. The molecule has 2 N–H and O–H groups in total. The van der Waals surface area contributed by atoms with Crippen molar-refractivity contribution in [1.82, 2.24) is 4.98 Å². The van der Waals surface area contributed by atoms with Crippen LogP contribution in [0, 0.1) is 11.6 Å². The van der Waals surface area contributed by atoms with E-state index in [1.165, 1.54) is 24.5 Å². The fourth-order valence-electron chi connectivity index (χ4n) is 1.58. The predicted octanol–water partition coefficient (Wildman–Crippen LogP) is 2.67. The number of benzene rings is 1. The quantitative estimate of drug-likeness (QED) is 0.891. The first-order chi connectivity index (χ1) is 9.08. The van der Waals surface area contributed by atoms with Crippen molar-refractivity contribution in [2.24, 2.45) is 0 Å². The van der Waals surface area contributed by atoms with Gasteiger partial charge >= 0.3 is 5.97 Å². The van der Waals surface area contributed by atoms with Gasteiger partial charge < -0.3 is 10.4 Å². The van der Waals surface area contributed by atoms with E-state index >= 15 is 0 Å². The lowest BCUT2D eigenvalue weighted by Gasteiger charge is -2.09. The average Bonchev–Trinajstić information content (AvgIpc) is 2.38. The fraction of sp³-hybridized carbons (Fsp3) is 0.0769. The number of anilines is 1. The molecule has 1 heterocycles. The molecule has 0 bridgehead atoms. The van der Waals surface area contributed by atoms with E-state index < -0.39 is 17.6 Å². The molecule has 2 aromatic rings. The summed E-state index contributed by atoms with van der Waals surface area (Å²) in [5.41, 5.74) is 0.554. The van der Waals surface area contributed by atoms with Gasteiger partial charge in [-0.25, -0.2) is 13.6 Å². The molecule has 6 heteroatoms. The van der Waals surface area contributed by atoms with E-state index in [-0.39, 0.29) is 23.4 Å². The minimum atomic E-state index is -1.11. The highest BCUT2D eigenvalue weighted by Gasteiger charge is 2.10. The molecular formula is C13H10F2N2O2. The Labute approximate surface area is 107 Å². The van der Waals surface area contributed by atoms with Crippen molar-refractivity contribution in [2.75, 3.05) is 5.32 Å². The number of rotatable bonds is 4. The molecule has 0 radical (unpaired) electrons. The van der Waals surface area contributed by atoms with Gasteiger partial charge in [0.15, 0.2) is 0 Å². The second kappa shape index (κ2) is 5.43. The molecule has 0 aliphatic carbocycles. The molecule has 98 valence electrons. The van der Waals surface area contributed by atoms with Gasteiger partial charge in [0.2, 0.25) is 0 Å². The maximum Gasteiger partial charge on any atom is 0.337 e. The number of nitrogens with one attached hydrogen (secondary N) is 1. The molecule has 0 aliphatic heterocycles. The van der Waals surface area contributed by atoms with Gasteiger partial charge in [-0.2, -0.15) is 0 Å². The Morgan fingerprint density at radius 2 is 2.11 bits per heavy atom. The molecule has 0 atom stereocenters. The van der Waals surface area contributed by atoms with E-state index in [2.05, 4.69) is 10.3 Å². The summed E-state index contributed by atoms with van der Waals surface area (Å²) in [7, 11) is 0. The van der Waals surface area contributed by atoms with Crippen LogP contribution < -0.4 is 5.32 Å². The number of pyridine rings is 1. The second-order valence-electron chi connectivity index (χ2n) is 3.82. The molecule has 4 nitrogen and oxygen atoms in total. The van der Waals surface area contributed by atoms with Crippen molar-refractivity contribution in [3.8, 4) is 0 Å². The molecule has 19 heavy (non-hydrogen) atoms. The first-order valence-corrected chi connectivity index (χ1v) is 5.43. The lowest BCUT2D eigenvalue weighted by Crippen LogP contribution is -2.07. The number of hydrogen-bond acceptors (Lipinski definition) is 3. The topological polar surface area (TPSA) is 62.2 Å². The summed E-state index contributed by atoms with van der Waals surface area (Å²) in [5, 5.41) is 11.7. The fourth-order valence-corrected chi connectivity index (χ4v) is 1.58. The van der Waals surface area contributed by atoms with Gasteiger partial charge in [0, 0.05) is 24.4 Å². The molecular weight excluding hydrogens is 254 g/mol. The number of carboxylic acid groups (broad SMARTS) is 1. The zero-order chi connectivity index (χ0) is 13.8. The van der Waals surface area contributed by atoms with Gasteiger partial charge in [-0.3, -0.25) is 4.98 Å². The Balaban J connectivity index is 2.17. The summed E-state index contributed by atoms with van der Waals surface area (Å²) in [6.45, 7) is 0.0398. The first-order valence-electron chi connectivity index (χ1n) is 5.43. The molecule has 0 amide bonds. The third kappa shape index (κ3) is 3.04. The van der Waals surface area contributed by atoms with E-state index in [4.69, 9.17) is 5.11 Å². The molecule has 0 saturated carbocycles. The molecule has 1 aromatic carbocycles. The lowest BCUT2D eigenvalue weighted by molar-refractivity contribution is 0.0698. The number of aromatic nitrogens is 1. The van der Waals surface area contributed by atoms with E-state index in [9.17, 15) is 13.6 Å². The SMILES string of the molecule is O=C(O)c1ccncc1NCc1ccc(F)cc1F. The molecule has 0 fully saturated rings. The van der Waals surface area contributed by atoms with Crippen LogP contribution in [0.4, 0.5) is 14.5 Å². The van der Waals surface area contributed by atoms with Crippen LogP contribution in [0.3, 0.4) is 0 Å². The zero-order valence-electron chi connectivity index (χ0n) is 9.73. The van der Waals surface area contributed by atoms with Crippen molar-refractivity contribution in [2.45, 2.75) is 6.54 Å². The van der Waals surface area contributed by atoms with Crippen LogP contribution in [0.1, 0.15) is 15.9 Å². The summed E-state index contributed by atoms with van der Waals surface area (Å²) in [4.78, 5) is 14.8. The Kier molecular flexibility index (Phi) is 3.70. The van der Waals surface area contributed by atoms with Crippen molar-refractivity contribution >= 4 is 11.7 Å². The lowest BCUT2D eigenvalue weighted by atomic mass is 10.2. The Hall–Kier alpha value is -2.50. The summed E-state index contributed by atoms with van der Waals surface area (Å²) < 4.78 is 26.1. The van der Waals surface area contributed by atoms with Crippen LogP contribution in [-0.2, 0) is 6.54 Å². The van der Waals surface area contributed by atoms with Crippen LogP contribution in [-0.4, -0.2) is 16.1 Å². The number of hydrogen-bond donors (Lipinski definition) is 2. The third-order valence-electron chi connectivity index (χ3n) is 2.54. The van der Waals surface area contributed by atoms with E-state index in [1.54, 1.807) is 0 Å². The Bertz CT molecular complexity index is 617. The molecule has 1 aromatic heterocycles. The van der Waals surface area contributed by atoms with Gasteiger partial charge in [0.25, 0.3) is 0 Å². The number of aromatic carboxylic acids is 1. The summed E-state index contributed by atoms with van der Waals surface area (Å²) in [6, 6.07) is 4.56. The minimum Gasteiger partial charge on any atom is -0.478 e. The molecule has 0 unspecified atom stereocenters.